The molecule has 1 aromatic heterocycles. The third-order valence-electron chi connectivity index (χ3n) is 3.08. The van der Waals surface area contributed by atoms with E-state index in [0.29, 0.717) is 0 Å². The number of amides is 1. The van der Waals surface area contributed by atoms with Crippen LogP contribution in [-0.2, 0) is 0 Å². The number of rotatable bonds is 6. The fourth-order valence-corrected chi connectivity index (χ4v) is 1.83. The van der Waals surface area contributed by atoms with Crippen LogP contribution < -0.4 is 10.1 Å². The van der Waals surface area contributed by atoms with Crippen molar-refractivity contribution in [2.45, 2.75) is 20.0 Å². The van der Waals surface area contributed by atoms with Gasteiger partial charge in [-0.1, -0.05) is 18.2 Å². The number of carbonyl (C=O) groups is 2. The number of ether oxygens (including phenoxy) is 1. The maximum absolute atomic E-state index is 11.9. The lowest BCUT2D eigenvalue weighted by Gasteiger charge is -2.16. The third-order valence-corrected chi connectivity index (χ3v) is 3.08. The Labute approximate surface area is 133 Å². The molecule has 2 rings (SSSR count). The number of nitrogens with zero attached hydrogens (tertiary/aromatic N) is 2. The Balaban J connectivity index is 1.88. The van der Waals surface area contributed by atoms with Crippen molar-refractivity contribution < 1.29 is 19.4 Å². The maximum Gasteiger partial charge on any atom is 0.356 e. The normalized spacial score (nSPS) is 11.6. The van der Waals surface area contributed by atoms with Crippen LogP contribution in [0.4, 0.5) is 0 Å². The first-order chi connectivity index (χ1) is 11.0. The number of benzene rings is 1. The van der Waals surface area contributed by atoms with Gasteiger partial charge in [0, 0.05) is 0 Å². The van der Waals surface area contributed by atoms with Crippen molar-refractivity contribution in [2.24, 2.45) is 0 Å². The number of aromatic nitrogens is 2. The van der Waals surface area contributed by atoms with Crippen LogP contribution in [0.5, 0.6) is 5.75 Å². The standard InChI is InChI=1S/C16H17N3O4/c1-10-5-3-4-6-14(10)23-11(2)7-19-15(20)12-8-18-13(9-17-12)16(21)22/h3-6,8-9,11H,7H2,1-2H3,(H,19,20)(H,21,22). The minimum Gasteiger partial charge on any atom is -0.489 e. The summed E-state index contributed by atoms with van der Waals surface area (Å²) in [5.74, 6) is -0.862. The van der Waals surface area contributed by atoms with Crippen molar-refractivity contribution in [3.05, 3.63) is 53.6 Å². The monoisotopic (exact) mass is 315 g/mol. The van der Waals surface area contributed by atoms with Gasteiger partial charge < -0.3 is 15.2 Å². The van der Waals surface area contributed by atoms with E-state index in [4.69, 9.17) is 9.84 Å². The van der Waals surface area contributed by atoms with E-state index in [9.17, 15) is 9.59 Å². The van der Waals surface area contributed by atoms with Crippen LogP contribution in [-0.4, -0.2) is 39.6 Å². The number of carbonyl (C=O) groups excluding carboxylic acids is 1. The van der Waals surface area contributed by atoms with E-state index in [2.05, 4.69) is 15.3 Å². The van der Waals surface area contributed by atoms with Gasteiger partial charge in [-0.15, -0.1) is 0 Å². The van der Waals surface area contributed by atoms with E-state index in [1.54, 1.807) is 0 Å². The van der Waals surface area contributed by atoms with E-state index in [0.717, 1.165) is 23.7 Å². The fourth-order valence-electron chi connectivity index (χ4n) is 1.83. The molecule has 0 aliphatic heterocycles. The number of aromatic carboxylic acids is 1. The molecule has 0 spiro atoms. The molecule has 7 heteroatoms. The van der Waals surface area contributed by atoms with Crippen LogP contribution in [0.3, 0.4) is 0 Å². The third kappa shape index (κ3) is 4.50. The van der Waals surface area contributed by atoms with Crippen LogP contribution in [0, 0.1) is 6.92 Å². The highest BCUT2D eigenvalue weighted by molar-refractivity contribution is 5.92. The summed E-state index contributed by atoms with van der Waals surface area (Å²) in [7, 11) is 0. The molecule has 0 aliphatic carbocycles. The van der Waals surface area contributed by atoms with Gasteiger partial charge in [0.05, 0.1) is 18.9 Å². The Morgan fingerprint density at radius 3 is 2.48 bits per heavy atom. The summed E-state index contributed by atoms with van der Waals surface area (Å²) in [5.41, 5.74) is 0.858. The second kappa shape index (κ2) is 7.35. The summed E-state index contributed by atoms with van der Waals surface area (Å²) >= 11 is 0. The lowest BCUT2D eigenvalue weighted by molar-refractivity contribution is 0.0689. The molecular formula is C16H17N3O4. The van der Waals surface area contributed by atoms with Crippen LogP contribution in [0.2, 0.25) is 0 Å². The largest absolute Gasteiger partial charge is 0.489 e. The Kier molecular flexibility index (Phi) is 5.24. The second-order valence-electron chi connectivity index (χ2n) is 5.00. The lowest BCUT2D eigenvalue weighted by Crippen LogP contribution is -2.34. The molecule has 1 heterocycles. The van der Waals surface area contributed by atoms with Crippen LogP contribution in [0.1, 0.15) is 33.5 Å². The predicted molar refractivity (Wildman–Crippen MR) is 82.6 cm³/mol. The molecule has 1 amide bonds. The van der Waals surface area contributed by atoms with Gasteiger partial charge in [0.25, 0.3) is 5.91 Å². The number of carboxylic acids is 1. The van der Waals surface area contributed by atoms with Gasteiger partial charge in [0.1, 0.15) is 17.5 Å². The first kappa shape index (κ1) is 16.4. The Bertz CT molecular complexity index is 701. The second-order valence-corrected chi connectivity index (χ2v) is 5.00. The summed E-state index contributed by atoms with van der Waals surface area (Å²) in [4.78, 5) is 30.0. The zero-order valence-electron chi connectivity index (χ0n) is 12.8. The molecule has 0 saturated heterocycles. The van der Waals surface area contributed by atoms with Crippen molar-refractivity contribution in [3.8, 4) is 5.75 Å². The number of para-hydroxylation sites is 1. The van der Waals surface area contributed by atoms with Crippen molar-refractivity contribution in [2.75, 3.05) is 6.54 Å². The van der Waals surface area contributed by atoms with Crippen LogP contribution >= 0.6 is 0 Å². The molecule has 1 atom stereocenters. The number of hydrogen-bond donors (Lipinski definition) is 2. The first-order valence-electron chi connectivity index (χ1n) is 7.03. The van der Waals surface area contributed by atoms with Crippen LogP contribution in [0.25, 0.3) is 0 Å². The smallest absolute Gasteiger partial charge is 0.356 e. The maximum atomic E-state index is 11.9. The highest BCUT2D eigenvalue weighted by Crippen LogP contribution is 2.17. The molecule has 120 valence electrons. The summed E-state index contributed by atoms with van der Waals surface area (Å²) in [5, 5.41) is 11.4. The molecule has 7 nitrogen and oxygen atoms in total. The molecule has 1 unspecified atom stereocenters. The summed E-state index contributed by atoms with van der Waals surface area (Å²) in [6, 6.07) is 7.62. The summed E-state index contributed by atoms with van der Waals surface area (Å²) < 4.78 is 5.75. The van der Waals surface area contributed by atoms with Crippen molar-refractivity contribution in [3.63, 3.8) is 0 Å². The zero-order valence-corrected chi connectivity index (χ0v) is 12.8. The highest BCUT2D eigenvalue weighted by atomic mass is 16.5. The molecule has 1 aromatic carbocycles. The average Bonchev–Trinajstić information content (AvgIpc) is 2.55. The van der Waals surface area contributed by atoms with Crippen LogP contribution in [0.15, 0.2) is 36.7 Å². The summed E-state index contributed by atoms with van der Waals surface area (Å²) in [6.45, 7) is 4.07. The van der Waals surface area contributed by atoms with Crippen molar-refractivity contribution in [1.29, 1.82) is 0 Å². The number of hydrogen-bond acceptors (Lipinski definition) is 5. The van der Waals surface area contributed by atoms with Gasteiger partial charge in [-0.05, 0) is 25.5 Å². The molecule has 23 heavy (non-hydrogen) atoms. The van der Waals surface area contributed by atoms with E-state index >= 15 is 0 Å². The number of aryl methyl sites for hydroxylation is 1. The van der Waals surface area contributed by atoms with E-state index in [1.807, 2.05) is 38.1 Å². The molecule has 0 fully saturated rings. The molecule has 2 N–H and O–H groups in total. The quantitative estimate of drug-likeness (QED) is 0.841. The van der Waals surface area contributed by atoms with E-state index < -0.39 is 11.9 Å². The SMILES string of the molecule is Cc1ccccc1OC(C)CNC(=O)c1cnc(C(=O)O)cn1. The lowest BCUT2D eigenvalue weighted by atomic mass is 10.2. The van der Waals surface area contributed by atoms with E-state index in [-0.39, 0.29) is 24.0 Å². The van der Waals surface area contributed by atoms with Gasteiger partial charge in [-0.25, -0.2) is 14.8 Å². The molecule has 0 bridgehead atoms. The molecule has 0 radical (unpaired) electrons. The average molecular weight is 315 g/mol. The molecular weight excluding hydrogens is 298 g/mol. The fraction of sp³-hybridized carbons (Fsp3) is 0.250. The van der Waals surface area contributed by atoms with E-state index in [1.165, 1.54) is 0 Å². The zero-order chi connectivity index (χ0) is 16.8. The molecule has 0 aliphatic rings. The van der Waals surface area contributed by atoms with Gasteiger partial charge in [-0.3, -0.25) is 4.79 Å². The van der Waals surface area contributed by atoms with Gasteiger partial charge in [-0.2, -0.15) is 0 Å². The summed E-state index contributed by atoms with van der Waals surface area (Å²) in [6.07, 6.45) is 1.95. The highest BCUT2D eigenvalue weighted by Gasteiger charge is 2.12. The molecule has 0 saturated carbocycles. The topological polar surface area (TPSA) is 101 Å². The number of carboxylic acid groups (broad SMARTS) is 1. The van der Waals surface area contributed by atoms with Gasteiger partial charge in [0.2, 0.25) is 0 Å². The Hall–Kier alpha value is -2.96. The van der Waals surface area contributed by atoms with Gasteiger partial charge >= 0.3 is 5.97 Å². The Morgan fingerprint density at radius 1 is 1.22 bits per heavy atom. The number of nitrogens with one attached hydrogen (secondary N) is 1. The van der Waals surface area contributed by atoms with Crippen molar-refractivity contribution in [1.82, 2.24) is 15.3 Å². The molecule has 2 aromatic rings. The Morgan fingerprint density at radius 2 is 1.87 bits per heavy atom. The minimum atomic E-state index is -1.19. The minimum absolute atomic E-state index is 0.0538. The van der Waals surface area contributed by atoms with Crippen molar-refractivity contribution >= 4 is 11.9 Å². The first-order valence-corrected chi connectivity index (χ1v) is 7.03. The van der Waals surface area contributed by atoms with Gasteiger partial charge in [0.15, 0.2) is 5.69 Å². The predicted octanol–water partition coefficient (Wildman–Crippen LogP) is 1.68.